The number of thiophene rings is 1. The lowest BCUT2D eigenvalue weighted by Gasteiger charge is -2.15. The summed E-state index contributed by atoms with van der Waals surface area (Å²) < 4.78 is 2.37. The van der Waals surface area contributed by atoms with Crippen molar-refractivity contribution in [2.75, 3.05) is 11.1 Å². The van der Waals surface area contributed by atoms with E-state index < -0.39 is 0 Å². The first-order valence-corrected chi connectivity index (χ1v) is 11.3. The molecule has 2 aromatic heterocycles. The molecule has 0 aliphatic rings. The van der Waals surface area contributed by atoms with E-state index in [0.717, 1.165) is 23.2 Å². The van der Waals surface area contributed by atoms with Crippen molar-refractivity contribution in [2.45, 2.75) is 45.8 Å². The largest absolute Gasteiger partial charge is 0.325 e. The van der Waals surface area contributed by atoms with Gasteiger partial charge >= 0.3 is 0 Å². The second-order valence-electron chi connectivity index (χ2n) is 7.14. The van der Waals surface area contributed by atoms with Gasteiger partial charge in [0.15, 0.2) is 5.16 Å². The Bertz CT molecular complexity index is 1050. The van der Waals surface area contributed by atoms with Gasteiger partial charge in [-0.05, 0) is 41.8 Å². The number of nitrogens with zero attached hydrogens (tertiary/aromatic N) is 2. The normalized spacial score (nSPS) is 11.3. The number of rotatable bonds is 7. The van der Waals surface area contributed by atoms with Gasteiger partial charge in [0.25, 0.3) is 5.56 Å². The van der Waals surface area contributed by atoms with Gasteiger partial charge in [0, 0.05) is 12.2 Å². The molecule has 3 rings (SSSR count). The lowest BCUT2D eigenvalue weighted by atomic mass is 10.1. The Hall–Kier alpha value is -2.12. The Labute approximate surface area is 173 Å². The van der Waals surface area contributed by atoms with Crippen LogP contribution in [0.3, 0.4) is 0 Å². The fourth-order valence-corrected chi connectivity index (χ4v) is 4.65. The number of nitrogens with one attached hydrogen (secondary N) is 1. The van der Waals surface area contributed by atoms with Gasteiger partial charge in [-0.15, -0.1) is 11.3 Å². The van der Waals surface area contributed by atoms with E-state index >= 15 is 0 Å². The number of anilines is 1. The van der Waals surface area contributed by atoms with Crippen LogP contribution in [0.2, 0.25) is 0 Å². The summed E-state index contributed by atoms with van der Waals surface area (Å²) in [6.45, 7) is 8.78. The maximum absolute atomic E-state index is 12.8. The van der Waals surface area contributed by atoms with Gasteiger partial charge in [-0.3, -0.25) is 14.2 Å². The second kappa shape index (κ2) is 8.92. The van der Waals surface area contributed by atoms with Crippen molar-refractivity contribution in [2.24, 2.45) is 5.92 Å². The first kappa shape index (κ1) is 20.6. The standard InChI is InChI=1S/C21H25N3O2S2/c1-5-15-8-6-7-14(4)18(15)23-17(25)12-28-21-22-16-9-10-27-19(16)20(26)24(21)11-13(2)3/h6-10,13H,5,11-12H2,1-4H3,(H,23,25). The molecule has 1 aromatic carbocycles. The van der Waals surface area contributed by atoms with Crippen LogP contribution in [-0.2, 0) is 17.8 Å². The van der Waals surface area contributed by atoms with Crippen molar-refractivity contribution >= 4 is 44.9 Å². The summed E-state index contributed by atoms with van der Waals surface area (Å²) in [7, 11) is 0. The zero-order valence-electron chi connectivity index (χ0n) is 16.6. The van der Waals surface area contributed by atoms with Gasteiger partial charge in [-0.1, -0.05) is 50.7 Å². The van der Waals surface area contributed by atoms with Gasteiger partial charge in [0.1, 0.15) is 4.70 Å². The highest BCUT2D eigenvalue weighted by Crippen LogP contribution is 2.24. The third kappa shape index (κ3) is 4.47. The fraction of sp³-hybridized carbons (Fsp3) is 0.381. The average Bonchev–Trinajstić information content (AvgIpc) is 3.12. The quantitative estimate of drug-likeness (QED) is 0.448. The van der Waals surface area contributed by atoms with E-state index in [0.29, 0.717) is 27.8 Å². The van der Waals surface area contributed by atoms with E-state index in [4.69, 9.17) is 0 Å². The smallest absolute Gasteiger partial charge is 0.272 e. The zero-order chi connectivity index (χ0) is 20.3. The van der Waals surface area contributed by atoms with E-state index in [2.05, 4.69) is 31.1 Å². The van der Waals surface area contributed by atoms with Crippen LogP contribution in [0.1, 0.15) is 31.9 Å². The maximum atomic E-state index is 12.8. The highest BCUT2D eigenvalue weighted by atomic mass is 32.2. The highest BCUT2D eigenvalue weighted by molar-refractivity contribution is 7.99. The molecule has 0 saturated carbocycles. The minimum atomic E-state index is -0.0928. The Morgan fingerprint density at radius 1 is 1.32 bits per heavy atom. The molecule has 0 spiro atoms. The molecule has 2 heterocycles. The zero-order valence-corrected chi connectivity index (χ0v) is 18.2. The molecule has 1 N–H and O–H groups in total. The molecule has 148 valence electrons. The number of aryl methyl sites for hydroxylation is 2. The van der Waals surface area contributed by atoms with Crippen LogP contribution in [-0.4, -0.2) is 21.2 Å². The van der Waals surface area contributed by atoms with E-state index in [9.17, 15) is 9.59 Å². The Morgan fingerprint density at radius 3 is 2.82 bits per heavy atom. The number of carbonyl (C=O) groups is 1. The molecule has 0 aliphatic carbocycles. The number of carbonyl (C=O) groups excluding carboxylic acids is 1. The maximum Gasteiger partial charge on any atom is 0.272 e. The number of benzene rings is 1. The molecular weight excluding hydrogens is 390 g/mol. The average molecular weight is 416 g/mol. The Balaban J connectivity index is 1.81. The molecule has 0 fully saturated rings. The SMILES string of the molecule is CCc1cccc(C)c1NC(=O)CSc1nc2ccsc2c(=O)n1CC(C)C. The van der Waals surface area contributed by atoms with Gasteiger partial charge in [0.05, 0.1) is 11.3 Å². The first-order chi connectivity index (χ1) is 13.4. The van der Waals surface area contributed by atoms with Crippen LogP contribution in [0, 0.1) is 12.8 Å². The van der Waals surface area contributed by atoms with Crippen LogP contribution in [0.5, 0.6) is 0 Å². The van der Waals surface area contributed by atoms with E-state index in [1.165, 1.54) is 23.1 Å². The summed E-state index contributed by atoms with van der Waals surface area (Å²) in [4.78, 5) is 30.1. The molecule has 0 aliphatic heterocycles. The predicted octanol–water partition coefficient (Wildman–Crippen LogP) is 4.72. The number of thioether (sulfide) groups is 1. The molecular formula is C21H25N3O2S2. The minimum absolute atomic E-state index is 0.0243. The molecule has 3 aromatic rings. The molecule has 0 saturated heterocycles. The molecule has 0 bridgehead atoms. The number of hydrogen-bond acceptors (Lipinski definition) is 5. The van der Waals surface area contributed by atoms with Gasteiger partial charge in [-0.2, -0.15) is 0 Å². The van der Waals surface area contributed by atoms with Crippen molar-refractivity contribution < 1.29 is 4.79 Å². The predicted molar refractivity (Wildman–Crippen MR) is 119 cm³/mol. The number of amides is 1. The second-order valence-corrected chi connectivity index (χ2v) is 9.00. The monoisotopic (exact) mass is 415 g/mol. The Kier molecular flexibility index (Phi) is 6.57. The van der Waals surface area contributed by atoms with Crippen molar-refractivity contribution in [1.82, 2.24) is 9.55 Å². The third-order valence-electron chi connectivity index (χ3n) is 4.42. The van der Waals surface area contributed by atoms with Gasteiger partial charge in [-0.25, -0.2) is 4.98 Å². The number of hydrogen-bond donors (Lipinski definition) is 1. The van der Waals surface area contributed by atoms with Crippen LogP contribution in [0.4, 0.5) is 5.69 Å². The van der Waals surface area contributed by atoms with E-state index in [1.807, 2.05) is 36.6 Å². The molecule has 0 radical (unpaired) electrons. The van der Waals surface area contributed by atoms with Crippen molar-refractivity contribution in [1.29, 1.82) is 0 Å². The van der Waals surface area contributed by atoms with E-state index in [-0.39, 0.29) is 17.2 Å². The topological polar surface area (TPSA) is 64.0 Å². The van der Waals surface area contributed by atoms with Crippen LogP contribution in [0.25, 0.3) is 10.2 Å². The summed E-state index contributed by atoms with van der Waals surface area (Å²) >= 11 is 2.72. The van der Waals surface area contributed by atoms with Crippen LogP contribution >= 0.6 is 23.1 Å². The highest BCUT2D eigenvalue weighted by Gasteiger charge is 2.16. The van der Waals surface area contributed by atoms with Crippen LogP contribution in [0.15, 0.2) is 39.6 Å². The molecule has 0 unspecified atom stereocenters. The first-order valence-electron chi connectivity index (χ1n) is 9.39. The molecule has 1 amide bonds. The lowest BCUT2D eigenvalue weighted by Crippen LogP contribution is -2.25. The molecule has 0 atom stereocenters. The number of para-hydroxylation sites is 1. The molecule has 7 heteroatoms. The summed E-state index contributed by atoms with van der Waals surface area (Å²) in [6.07, 6.45) is 0.856. The molecule has 5 nitrogen and oxygen atoms in total. The van der Waals surface area contributed by atoms with Crippen molar-refractivity contribution in [3.8, 4) is 0 Å². The van der Waals surface area contributed by atoms with Gasteiger partial charge < -0.3 is 5.32 Å². The summed E-state index contributed by atoms with van der Waals surface area (Å²) in [5.41, 5.74) is 3.73. The van der Waals surface area contributed by atoms with Crippen LogP contribution < -0.4 is 10.9 Å². The third-order valence-corrected chi connectivity index (χ3v) is 6.28. The number of aromatic nitrogens is 2. The fourth-order valence-electron chi connectivity index (χ4n) is 3.07. The molecule has 28 heavy (non-hydrogen) atoms. The Morgan fingerprint density at radius 2 is 2.11 bits per heavy atom. The summed E-state index contributed by atoms with van der Waals surface area (Å²) in [6, 6.07) is 7.88. The van der Waals surface area contributed by atoms with Gasteiger partial charge in [0.2, 0.25) is 5.91 Å². The van der Waals surface area contributed by atoms with E-state index in [1.54, 1.807) is 4.57 Å². The van der Waals surface area contributed by atoms with Crippen molar-refractivity contribution in [3.05, 3.63) is 51.1 Å². The van der Waals surface area contributed by atoms with Crippen molar-refractivity contribution in [3.63, 3.8) is 0 Å². The number of fused-ring (bicyclic) bond motifs is 1. The summed E-state index contributed by atoms with van der Waals surface area (Å²) in [5, 5.41) is 5.51. The lowest BCUT2D eigenvalue weighted by molar-refractivity contribution is -0.113. The minimum Gasteiger partial charge on any atom is -0.325 e. The summed E-state index contributed by atoms with van der Waals surface area (Å²) in [5.74, 6) is 0.423.